The van der Waals surface area contributed by atoms with Crippen molar-refractivity contribution in [3.8, 4) is 11.5 Å². The van der Waals surface area contributed by atoms with Gasteiger partial charge in [0.2, 0.25) is 5.91 Å². The van der Waals surface area contributed by atoms with Crippen LogP contribution in [0.15, 0.2) is 47.4 Å². The smallest absolute Gasteiger partial charge is 0.325 e. The fourth-order valence-corrected chi connectivity index (χ4v) is 3.71. The molecule has 0 fully saturated rings. The molecule has 2 rings (SSSR count). The predicted octanol–water partition coefficient (Wildman–Crippen LogP) is 4.04. The van der Waals surface area contributed by atoms with Crippen molar-refractivity contribution in [2.75, 3.05) is 27.9 Å². The van der Waals surface area contributed by atoms with E-state index in [1.807, 2.05) is 12.1 Å². The Morgan fingerprint density at radius 2 is 1.62 bits per heavy atom. The molecule has 2 aromatic carbocycles. The maximum atomic E-state index is 13.1. The van der Waals surface area contributed by atoms with Crippen molar-refractivity contribution >= 4 is 35.2 Å². The van der Waals surface area contributed by atoms with Gasteiger partial charge in [0.1, 0.15) is 18.0 Å². The molecule has 0 radical (unpaired) electrons. The Labute approximate surface area is 180 Å². The number of thioether (sulfide) groups is 1. The molecule has 0 heterocycles. The summed E-state index contributed by atoms with van der Waals surface area (Å²) in [5.41, 5.74) is 0.780. The van der Waals surface area contributed by atoms with Gasteiger partial charge in [0.05, 0.1) is 26.6 Å². The van der Waals surface area contributed by atoms with Gasteiger partial charge in [0.25, 0.3) is 0 Å². The molecule has 6 nitrogen and oxygen atoms in total. The van der Waals surface area contributed by atoms with Gasteiger partial charge in [0, 0.05) is 22.5 Å². The summed E-state index contributed by atoms with van der Waals surface area (Å²) in [6, 6.07) is 12.6. The van der Waals surface area contributed by atoms with Crippen molar-refractivity contribution in [3.63, 3.8) is 0 Å². The SMILES string of the molecule is COC(=O)CN(Cc1cc(OC)cc(OC)c1)C(=O)C(C)Sc1ccc(Cl)cc1. The summed E-state index contributed by atoms with van der Waals surface area (Å²) in [4.78, 5) is 27.4. The zero-order valence-corrected chi connectivity index (χ0v) is 18.4. The molecule has 0 saturated carbocycles. The quantitative estimate of drug-likeness (QED) is 0.435. The Hall–Kier alpha value is -2.38. The number of hydrogen-bond donors (Lipinski definition) is 0. The highest BCUT2D eigenvalue weighted by molar-refractivity contribution is 8.00. The Balaban J connectivity index is 2.21. The monoisotopic (exact) mass is 437 g/mol. The molecule has 8 heteroatoms. The van der Waals surface area contributed by atoms with E-state index < -0.39 is 11.2 Å². The topological polar surface area (TPSA) is 65.1 Å². The summed E-state index contributed by atoms with van der Waals surface area (Å²) in [5, 5.41) is 0.223. The number of benzene rings is 2. The molecule has 2 aromatic rings. The number of esters is 1. The molecule has 0 saturated heterocycles. The number of hydrogen-bond acceptors (Lipinski definition) is 6. The van der Waals surface area contributed by atoms with Crippen LogP contribution in [0.3, 0.4) is 0 Å². The number of nitrogens with zero attached hydrogens (tertiary/aromatic N) is 1. The third-order valence-electron chi connectivity index (χ3n) is 4.12. The molecule has 0 spiro atoms. The van der Waals surface area contributed by atoms with E-state index in [4.69, 9.17) is 25.8 Å². The van der Waals surface area contributed by atoms with Gasteiger partial charge in [-0.2, -0.15) is 0 Å². The highest BCUT2D eigenvalue weighted by Gasteiger charge is 2.24. The summed E-state index contributed by atoms with van der Waals surface area (Å²) >= 11 is 7.32. The van der Waals surface area contributed by atoms with E-state index in [1.165, 1.54) is 23.8 Å². The van der Waals surface area contributed by atoms with Gasteiger partial charge in [0.15, 0.2) is 0 Å². The van der Waals surface area contributed by atoms with Crippen LogP contribution < -0.4 is 9.47 Å². The zero-order chi connectivity index (χ0) is 21.4. The third-order valence-corrected chi connectivity index (χ3v) is 5.47. The van der Waals surface area contributed by atoms with E-state index in [0.717, 1.165) is 10.5 Å². The summed E-state index contributed by atoms with van der Waals surface area (Å²) in [6.45, 7) is 1.87. The third kappa shape index (κ3) is 6.87. The number of ether oxygens (including phenoxy) is 3. The second kappa shape index (κ2) is 11.0. The molecule has 156 valence electrons. The number of carbonyl (C=O) groups excluding carboxylic acids is 2. The van der Waals surface area contributed by atoms with E-state index in [0.29, 0.717) is 16.5 Å². The van der Waals surface area contributed by atoms with Gasteiger partial charge >= 0.3 is 5.97 Å². The molecular formula is C21H24ClNO5S. The lowest BCUT2D eigenvalue weighted by Gasteiger charge is -2.25. The lowest BCUT2D eigenvalue weighted by Crippen LogP contribution is -2.40. The first-order chi connectivity index (χ1) is 13.9. The Kier molecular flexibility index (Phi) is 8.67. The first kappa shape index (κ1) is 22.9. The van der Waals surface area contributed by atoms with E-state index in [1.54, 1.807) is 51.5 Å². The van der Waals surface area contributed by atoms with Crippen LogP contribution in [0.1, 0.15) is 12.5 Å². The van der Waals surface area contributed by atoms with Gasteiger partial charge in [-0.05, 0) is 48.9 Å². The van der Waals surface area contributed by atoms with E-state index >= 15 is 0 Å². The van der Waals surface area contributed by atoms with E-state index in [2.05, 4.69) is 0 Å². The fraction of sp³-hybridized carbons (Fsp3) is 0.333. The minimum Gasteiger partial charge on any atom is -0.497 e. The number of amides is 1. The molecule has 0 aromatic heterocycles. The second-order valence-corrected chi connectivity index (χ2v) is 8.06. The maximum Gasteiger partial charge on any atom is 0.325 e. The van der Waals surface area contributed by atoms with Crippen LogP contribution in [-0.4, -0.2) is 49.9 Å². The summed E-state index contributed by atoms with van der Waals surface area (Å²) < 4.78 is 15.3. The molecular weight excluding hydrogens is 414 g/mol. The summed E-state index contributed by atoms with van der Waals surface area (Å²) in [6.07, 6.45) is 0. The highest BCUT2D eigenvalue weighted by atomic mass is 35.5. The molecule has 0 N–H and O–H groups in total. The molecule has 1 amide bonds. The highest BCUT2D eigenvalue weighted by Crippen LogP contribution is 2.27. The van der Waals surface area contributed by atoms with Gasteiger partial charge in [-0.25, -0.2) is 0 Å². The molecule has 1 atom stereocenters. The molecule has 0 aliphatic rings. The van der Waals surface area contributed by atoms with Crippen LogP contribution in [-0.2, 0) is 20.9 Å². The Bertz CT molecular complexity index is 821. The van der Waals surface area contributed by atoms with Crippen molar-refractivity contribution < 1.29 is 23.8 Å². The molecule has 0 bridgehead atoms. The Morgan fingerprint density at radius 1 is 1.03 bits per heavy atom. The van der Waals surface area contributed by atoms with Crippen LogP contribution in [0.25, 0.3) is 0 Å². The molecule has 29 heavy (non-hydrogen) atoms. The van der Waals surface area contributed by atoms with Crippen molar-refractivity contribution in [1.29, 1.82) is 0 Å². The summed E-state index contributed by atoms with van der Waals surface area (Å²) in [7, 11) is 4.41. The minimum absolute atomic E-state index is 0.152. The first-order valence-electron chi connectivity index (χ1n) is 8.86. The van der Waals surface area contributed by atoms with Gasteiger partial charge in [-0.15, -0.1) is 11.8 Å². The zero-order valence-electron chi connectivity index (χ0n) is 16.8. The average molecular weight is 438 g/mol. The number of methoxy groups -OCH3 is 3. The Morgan fingerprint density at radius 3 is 2.14 bits per heavy atom. The van der Waals surface area contributed by atoms with Crippen LogP contribution in [0.2, 0.25) is 5.02 Å². The van der Waals surface area contributed by atoms with Crippen LogP contribution >= 0.6 is 23.4 Å². The van der Waals surface area contributed by atoms with E-state index in [9.17, 15) is 9.59 Å². The number of halogens is 1. The molecule has 1 unspecified atom stereocenters. The molecule has 0 aliphatic heterocycles. The van der Waals surface area contributed by atoms with Crippen LogP contribution in [0.5, 0.6) is 11.5 Å². The van der Waals surface area contributed by atoms with Crippen molar-refractivity contribution in [2.45, 2.75) is 23.6 Å². The average Bonchev–Trinajstić information content (AvgIpc) is 2.73. The van der Waals surface area contributed by atoms with Gasteiger partial charge < -0.3 is 19.1 Å². The number of rotatable bonds is 9. The predicted molar refractivity (Wildman–Crippen MR) is 114 cm³/mol. The lowest BCUT2D eigenvalue weighted by atomic mass is 10.1. The van der Waals surface area contributed by atoms with Gasteiger partial charge in [-0.3, -0.25) is 9.59 Å². The van der Waals surface area contributed by atoms with Crippen LogP contribution in [0, 0.1) is 0 Å². The normalized spacial score (nSPS) is 11.5. The lowest BCUT2D eigenvalue weighted by molar-refractivity contribution is -0.147. The van der Waals surface area contributed by atoms with Crippen molar-refractivity contribution in [2.24, 2.45) is 0 Å². The second-order valence-electron chi connectivity index (χ2n) is 6.21. The largest absolute Gasteiger partial charge is 0.497 e. The van der Waals surface area contributed by atoms with E-state index in [-0.39, 0.29) is 19.0 Å². The number of carbonyl (C=O) groups is 2. The van der Waals surface area contributed by atoms with Gasteiger partial charge in [-0.1, -0.05) is 11.6 Å². The van der Waals surface area contributed by atoms with Crippen molar-refractivity contribution in [3.05, 3.63) is 53.1 Å². The summed E-state index contributed by atoms with van der Waals surface area (Å²) in [5.74, 6) is 0.538. The minimum atomic E-state index is -0.489. The molecule has 0 aliphatic carbocycles. The standard InChI is InChI=1S/C21H24ClNO5S/c1-14(29-19-7-5-16(22)6-8-19)21(25)23(13-20(24)28-4)12-15-9-17(26-2)11-18(10-15)27-3/h5-11,14H,12-13H2,1-4H3. The van der Waals surface area contributed by atoms with Crippen molar-refractivity contribution in [1.82, 2.24) is 4.90 Å². The van der Waals surface area contributed by atoms with Crippen LogP contribution in [0.4, 0.5) is 0 Å². The fourth-order valence-electron chi connectivity index (χ4n) is 2.63. The first-order valence-corrected chi connectivity index (χ1v) is 10.1. The maximum absolute atomic E-state index is 13.1.